The molecule has 0 bridgehead atoms. The van der Waals surface area contributed by atoms with Gasteiger partial charge in [0.25, 0.3) is 0 Å². The van der Waals surface area contributed by atoms with Crippen LogP contribution in [0.4, 0.5) is 4.79 Å². The van der Waals surface area contributed by atoms with Crippen molar-refractivity contribution < 1.29 is 9.53 Å². The number of alkyl carbamates (subject to hydrolysis) is 1. The van der Waals surface area contributed by atoms with Gasteiger partial charge in [0, 0.05) is 28.7 Å². The molecule has 0 radical (unpaired) electrons. The number of benzene rings is 1. The Balaban J connectivity index is 1.70. The number of aromatic nitrogens is 4. The van der Waals surface area contributed by atoms with Crippen LogP contribution in [0.1, 0.15) is 25.1 Å². The maximum absolute atomic E-state index is 12.1. The minimum atomic E-state index is -0.427. The summed E-state index contributed by atoms with van der Waals surface area (Å²) >= 11 is 3.12. The molecule has 4 aromatic rings. The van der Waals surface area contributed by atoms with E-state index in [1.165, 1.54) is 0 Å². The van der Waals surface area contributed by atoms with Crippen molar-refractivity contribution >= 4 is 39.0 Å². The number of fused-ring (bicyclic) bond motifs is 1. The molecule has 3 heterocycles. The number of imidazole rings is 1. The van der Waals surface area contributed by atoms with Crippen LogP contribution in [-0.2, 0) is 11.3 Å². The molecule has 0 spiro atoms. The van der Waals surface area contributed by atoms with Crippen molar-refractivity contribution in [3.8, 4) is 22.0 Å². The Kier molecular flexibility index (Phi) is 5.59. The van der Waals surface area contributed by atoms with Crippen LogP contribution in [0.25, 0.3) is 32.2 Å². The van der Waals surface area contributed by atoms with E-state index >= 15 is 0 Å². The smallest absolute Gasteiger partial charge is 0.407 e. The summed E-state index contributed by atoms with van der Waals surface area (Å²) in [5, 5.41) is 5.77. The molecule has 1 aromatic carbocycles. The van der Waals surface area contributed by atoms with Crippen LogP contribution in [-0.4, -0.2) is 32.6 Å². The number of nitrogens with one attached hydrogen (secondary N) is 2. The van der Waals surface area contributed by atoms with Crippen molar-refractivity contribution in [1.29, 1.82) is 0 Å². The molecule has 0 saturated heterocycles. The molecule has 4 rings (SSSR count). The first kappa shape index (κ1) is 19.5. The fourth-order valence-corrected chi connectivity index (χ4v) is 4.61. The predicted molar refractivity (Wildman–Crippen MR) is 116 cm³/mol. The first-order chi connectivity index (χ1) is 14.0. The molecule has 29 heavy (non-hydrogen) atoms. The molecule has 0 aliphatic rings. The van der Waals surface area contributed by atoms with Gasteiger partial charge in [0.05, 0.1) is 34.4 Å². The van der Waals surface area contributed by atoms with Crippen LogP contribution >= 0.6 is 22.7 Å². The summed E-state index contributed by atoms with van der Waals surface area (Å²) in [6.45, 7) is 6.69. The number of ether oxygens (including phenoxy) is 1. The topological polar surface area (TPSA) is 92.8 Å². The normalized spacial score (nSPS) is 11.3. The Hall–Kier alpha value is -2.78. The molecule has 7 nitrogen and oxygen atoms in total. The number of amides is 1. The molecular formula is C20H21N5O2S2. The number of thiazole rings is 2. The van der Waals surface area contributed by atoms with E-state index < -0.39 is 6.09 Å². The summed E-state index contributed by atoms with van der Waals surface area (Å²) in [7, 11) is 0. The third-order valence-electron chi connectivity index (χ3n) is 4.29. The molecule has 0 aliphatic carbocycles. The molecule has 3 aromatic heterocycles. The van der Waals surface area contributed by atoms with Gasteiger partial charge >= 0.3 is 6.09 Å². The Morgan fingerprint density at radius 1 is 1.28 bits per heavy atom. The molecule has 2 N–H and O–H groups in total. The Morgan fingerprint density at radius 3 is 2.90 bits per heavy atom. The van der Waals surface area contributed by atoms with E-state index in [2.05, 4.69) is 25.3 Å². The molecule has 1 amide bonds. The number of carbonyl (C=O) groups is 1. The molecule has 9 heteroatoms. The minimum Gasteiger partial charge on any atom is -0.449 e. The van der Waals surface area contributed by atoms with Gasteiger partial charge in [-0.2, -0.15) is 0 Å². The zero-order valence-corrected chi connectivity index (χ0v) is 18.0. The van der Waals surface area contributed by atoms with Crippen molar-refractivity contribution in [2.45, 2.75) is 27.3 Å². The molecule has 0 saturated carbocycles. The molecule has 0 atom stereocenters. The summed E-state index contributed by atoms with van der Waals surface area (Å²) in [4.78, 5) is 28.9. The van der Waals surface area contributed by atoms with E-state index in [1.54, 1.807) is 29.0 Å². The van der Waals surface area contributed by atoms with Gasteiger partial charge in [-0.1, -0.05) is 19.9 Å². The van der Waals surface area contributed by atoms with Gasteiger partial charge in [-0.15, -0.1) is 22.7 Å². The Morgan fingerprint density at radius 2 is 2.14 bits per heavy atom. The maximum atomic E-state index is 12.1. The minimum absolute atomic E-state index is 0.287. The van der Waals surface area contributed by atoms with E-state index in [4.69, 9.17) is 4.74 Å². The lowest BCUT2D eigenvalue weighted by Crippen LogP contribution is -2.25. The molecule has 150 valence electrons. The largest absolute Gasteiger partial charge is 0.449 e. The van der Waals surface area contributed by atoms with Crippen molar-refractivity contribution in [2.75, 3.05) is 6.61 Å². The zero-order valence-electron chi connectivity index (χ0n) is 16.4. The number of aromatic amines is 1. The highest BCUT2D eigenvalue weighted by Crippen LogP contribution is 2.36. The number of hydrogen-bond donors (Lipinski definition) is 2. The van der Waals surface area contributed by atoms with E-state index in [1.807, 2.05) is 43.8 Å². The number of hydrogen-bond acceptors (Lipinski definition) is 7. The van der Waals surface area contributed by atoms with Gasteiger partial charge in [0.15, 0.2) is 0 Å². The summed E-state index contributed by atoms with van der Waals surface area (Å²) in [6.07, 6.45) is 1.25. The van der Waals surface area contributed by atoms with E-state index in [-0.39, 0.29) is 5.92 Å². The van der Waals surface area contributed by atoms with E-state index in [0.29, 0.717) is 13.2 Å². The van der Waals surface area contributed by atoms with Gasteiger partial charge < -0.3 is 15.0 Å². The fourth-order valence-electron chi connectivity index (χ4n) is 2.97. The first-order valence-electron chi connectivity index (χ1n) is 9.25. The second kappa shape index (κ2) is 8.30. The highest BCUT2D eigenvalue weighted by molar-refractivity contribution is 7.17. The number of rotatable bonds is 6. The summed E-state index contributed by atoms with van der Waals surface area (Å²) in [5.74, 6) is 0.287. The zero-order chi connectivity index (χ0) is 20.4. The van der Waals surface area contributed by atoms with Gasteiger partial charge in [0.2, 0.25) is 0 Å². The summed E-state index contributed by atoms with van der Waals surface area (Å²) in [6, 6.07) is 3.98. The van der Waals surface area contributed by atoms with Crippen LogP contribution < -0.4 is 5.32 Å². The lowest BCUT2D eigenvalue weighted by atomic mass is 10.0. The SMILES string of the molecule is Cc1csc(-c2[nH]cnc2-c2ccc3ncsc3c2CNC(=O)OCC(C)C)n1. The lowest BCUT2D eigenvalue weighted by Gasteiger charge is -2.12. The van der Waals surface area contributed by atoms with Crippen LogP contribution in [0, 0.1) is 12.8 Å². The van der Waals surface area contributed by atoms with Crippen LogP contribution in [0.2, 0.25) is 0 Å². The standard InChI is InChI=1S/C20H21N5O2S2/c1-11(2)7-27-20(26)21-6-14-13(4-5-15-18(14)29-10-24-15)16-17(23-9-22-16)19-25-12(3)8-28-19/h4-5,8-11H,6-7H2,1-3H3,(H,21,26)(H,22,23). The summed E-state index contributed by atoms with van der Waals surface area (Å²) < 4.78 is 6.28. The predicted octanol–water partition coefficient (Wildman–Crippen LogP) is 5.00. The second-order valence-electron chi connectivity index (χ2n) is 7.06. The monoisotopic (exact) mass is 427 g/mol. The van der Waals surface area contributed by atoms with Crippen molar-refractivity contribution in [1.82, 2.24) is 25.3 Å². The third-order valence-corrected chi connectivity index (χ3v) is 6.17. The Bertz CT molecular complexity index is 1140. The highest BCUT2D eigenvalue weighted by atomic mass is 32.1. The van der Waals surface area contributed by atoms with Gasteiger partial charge in [0.1, 0.15) is 10.7 Å². The second-order valence-corrected chi connectivity index (χ2v) is 8.77. The quantitative estimate of drug-likeness (QED) is 0.452. The van der Waals surface area contributed by atoms with E-state index in [0.717, 1.165) is 43.4 Å². The molecular weight excluding hydrogens is 406 g/mol. The summed E-state index contributed by atoms with van der Waals surface area (Å²) in [5.41, 5.74) is 7.26. The number of carbonyl (C=O) groups excluding carboxylic acids is 1. The average Bonchev–Trinajstić information content (AvgIpc) is 3.43. The van der Waals surface area contributed by atoms with Crippen molar-refractivity contribution in [3.05, 3.63) is 40.6 Å². The average molecular weight is 428 g/mol. The van der Waals surface area contributed by atoms with Crippen LogP contribution in [0.15, 0.2) is 29.4 Å². The fraction of sp³-hybridized carbons (Fsp3) is 0.300. The molecule has 0 unspecified atom stereocenters. The third kappa shape index (κ3) is 4.15. The first-order valence-corrected chi connectivity index (χ1v) is 11.0. The van der Waals surface area contributed by atoms with Crippen LogP contribution in [0.3, 0.4) is 0 Å². The molecule has 0 fully saturated rings. The van der Waals surface area contributed by atoms with Crippen molar-refractivity contribution in [2.24, 2.45) is 5.92 Å². The number of nitrogens with zero attached hydrogens (tertiary/aromatic N) is 3. The lowest BCUT2D eigenvalue weighted by molar-refractivity contribution is 0.132. The van der Waals surface area contributed by atoms with Gasteiger partial charge in [-0.05, 0) is 18.9 Å². The van der Waals surface area contributed by atoms with E-state index in [9.17, 15) is 4.79 Å². The molecule has 0 aliphatic heterocycles. The number of aryl methyl sites for hydroxylation is 1. The maximum Gasteiger partial charge on any atom is 0.407 e. The van der Waals surface area contributed by atoms with Crippen LogP contribution in [0.5, 0.6) is 0 Å². The van der Waals surface area contributed by atoms with Crippen molar-refractivity contribution in [3.63, 3.8) is 0 Å². The Labute approximate surface area is 176 Å². The highest BCUT2D eigenvalue weighted by Gasteiger charge is 2.19. The number of H-pyrrole nitrogens is 1. The van der Waals surface area contributed by atoms with Gasteiger partial charge in [-0.25, -0.2) is 19.7 Å². The van der Waals surface area contributed by atoms with Gasteiger partial charge in [-0.3, -0.25) is 0 Å².